The highest BCUT2D eigenvalue weighted by Crippen LogP contribution is 2.40. The van der Waals surface area contributed by atoms with Crippen LogP contribution < -0.4 is 5.32 Å². The van der Waals surface area contributed by atoms with Crippen LogP contribution in [0.15, 0.2) is 30.6 Å². The first-order chi connectivity index (χ1) is 11.5. The summed E-state index contributed by atoms with van der Waals surface area (Å²) in [5, 5.41) is 22.0. The van der Waals surface area contributed by atoms with E-state index in [1.165, 1.54) is 17.7 Å². The van der Waals surface area contributed by atoms with Crippen LogP contribution in [0, 0.1) is 13.8 Å². The maximum Gasteiger partial charge on any atom is 0.328 e. The number of carboxylic acid groups (broad SMARTS) is 1. The molecule has 0 radical (unpaired) electrons. The quantitative estimate of drug-likeness (QED) is 0.659. The number of aromatic nitrogens is 2. The zero-order chi connectivity index (χ0) is 17.3. The molecule has 124 valence electrons. The van der Waals surface area contributed by atoms with Gasteiger partial charge >= 0.3 is 5.97 Å². The van der Waals surface area contributed by atoms with E-state index < -0.39 is 18.6 Å². The summed E-state index contributed by atoms with van der Waals surface area (Å²) in [5.41, 5.74) is 3.18. The third kappa shape index (κ3) is 2.95. The predicted octanol–water partition coefficient (Wildman–Crippen LogP) is 2.83. The lowest BCUT2D eigenvalue weighted by Gasteiger charge is -2.14. The average Bonchev–Trinajstić information content (AvgIpc) is 2.89. The molecule has 6 nitrogen and oxygen atoms in total. The molecular weight excluding hydrogens is 326 g/mol. The van der Waals surface area contributed by atoms with Crippen LogP contribution >= 0.6 is 11.3 Å². The van der Waals surface area contributed by atoms with Crippen molar-refractivity contribution in [2.24, 2.45) is 0 Å². The van der Waals surface area contributed by atoms with Crippen molar-refractivity contribution in [1.82, 2.24) is 9.97 Å². The van der Waals surface area contributed by atoms with Crippen LogP contribution in [0.1, 0.15) is 10.4 Å². The van der Waals surface area contributed by atoms with Crippen molar-refractivity contribution in [1.29, 1.82) is 0 Å². The molecule has 7 heteroatoms. The van der Waals surface area contributed by atoms with Gasteiger partial charge < -0.3 is 15.5 Å². The van der Waals surface area contributed by atoms with Crippen molar-refractivity contribution >= 4 is 33.3 Å². The maximum absolute atomic E-state index is 11.2. The van der Waals surface area contributed by atoms with Gasteiger partial charge in [0.15, 0.2) is 0 Å². The standard InChI is InChI=1S/C17H17N3O3S/c1-9-3-5-11(6-4-9)13-10(2)24-16-14(13)15(18-8-19-16)20-12(7-21)17(22)23/h3-6,8,12,21H,7H2,1-2H3,(H,22,23)(H,18,19,20). The first-order valence-corrected chi connectivity index (χ1v) is 8.24. The molecule has 0 saturated heterocycles. The van der Waals surface area contributed by atoms with Gasteiger partial charge in [-0.1, -0.05) is 29.8 Å². The number of hydrogen-bond acceptors (Lipinski definition) is 6. The molecule has 1 atom stereocenters. The Morgan fingerprint density at radius 1 is 1.25 bits per heavy atom. The molecule has 2 heterocycles. The monoisotopic (exact) mass is 343 g/mol. The number of aliphatic hydroxyl groups excluding tert-OH is 1. The van der Waals surface area contributed by atoms with Gasteiger partial charge in [0.25, 0.3) is 0 Å². The van der Waals surface area contributed by atoms with Gasteiger partial charge in [0, 0.05) is 10.4 Å². The van der Waals surface area contributed by atoms with Crippen LogP contribution in [0.25, 0.3) is 21.3 Å². The van der Waals surface area contributed by atoms with Gasteiger partial charge in [0.1, 0.15) is 23.0 Å². The molecule has 3 aromatic rings. The number of anilines is 1. The van der Waals surface area contributed by atoms with Gasteiger partial charge in [-0.2, -0.15) is 0 Å². The molecule has 0 bridgehead atoms. The molecule has 1 unspecified atom stereocenters. The van der Waals surface area contributed by atoms with Crippen molar-refractivity contribution < 1.29 is 15.0 Å². The number of hydrogen-bond donors (Lipinski definition) is 3. The van der Waals surface area contributed by atoms with E-state index in [1.807, 2.05) is 38.1 Å². The first-order valence-electron chi connectivity index (χ1n) is 7.42. The van der Waals surface area contributed by atoms with E-state index in [2.05, 4.69) is 15.3 Å². The summed E-state index contributed by atoms with van der Waals surface area (Å²) >= 11 is 1.53. The molecule has 0 saturated carbocycles. The molecule has 0 fully saturated rings. The van der Waals surface area contributed by atoms with Gasteiger partial charge in [-0.25, -0.2) is 14.8 Å². The molecule has 2 aromatic heterocycles. The molecule has 3 N–H and O–H groups in total. The van der Waals surface area contributed by atoms with Crippen molar-refractivity contribution in [3.8, 4) is 11.1 Å². The SMILES string of the molecule is Cc1ccc(-c2c(C)sc3ncnc(NC(CO)C(=O)O)c23)cc1. The number of carboxylic acids is 1. The fourth-order valence-electron chi connectivity index (χ4n) is 2.57. The number of aliphatic carboxylic acids is 1. The number of nitrogens with zero attached hydrogens (tertiary/aromatic N) is 2. The number of fused-ring (bicyclic) bond motifs is 1. The molecular formula is C17H17N3O3S. The van der Waals surface area contributed by atoms with Crippen molar-refractivity contribution in [3.63, 3.8) is 0 Å². The highest BCUT2D eigenvalue weighted by Gasteiger charge is 2.21. The summed E-state index contributed by atoms with van der Waals surface area (Å²) in [7, 11) is 0. The second-order valence-electron chi connectivity index (χ2n) is 5.52. The summed E-state index contributed by atoms with van der Waals surface area (Å²) in [6.07, 6.45) is 1.40. The minimum absolute atomic E-state index is 0.418. The molecule has 0 aliphatic heterocycles. The molecule has 1 aromatic carbocycles. The summed E-state index contributed by atoms with van der Waals surface area (Å²) in [6, 6.07) is 7.00. The van der Waals surface area contributed by atoms with Gasteiger partial charge in [-0.15, -0.1) is 11.3 Å². The van der Waals surface area contributed by atoms with Crippen molar-refractivity contribution in [2.45, 2.75) is 19.9 Å². The summed E-state index contributed by atoms with van der Waals surface area (Å²) < 4.78 is 0. The van der Waals surface area contributed by atoms with Crippen LogP contribution in [-0.4, -0.2) is 38.8 Å². The Labute approximate surface area is 142 Å². The first kappa shape index (κ1) is 16.4. The normalized spacial score (nSPS) is 12.3. The number of benzene rings is 1. The third-order valence-corrected chi connectivity index (χ3v) is 4.81. The third-order valence-electron chi connectivity index (χ3n) is 3.80. The minimum Gasteiger partial charge on any atom is -0.480 e. The van der Waals surface area contributed by atoms with E-state index in [0.717, 1.165) is 31.8 Å². The predicted molar refractivity (Wildman–Crippen MR) is 94.5 cm³/mol. The van der Waals surface area contributed by atoms with Crippen LogP contribution in [0.3, 0.4) is 0 Å². The average molecular weight is 343 g/mol. The fraction of sp³-hybridized carbons (Fsp3) is 0.235. The van der Waals surface area contributed by atoms with Crippen LogP contribution in [0.2, 0.25) is 0 Å². The van der Waals surface area contributed by atoms with E-state index in [0.29, 0.717) is 5.82 Å². The summed E-state index contributed by atoms with van der Waals surface area (Å²) in [4.78, 5) is 21.6. The van der Waals surface area contributed by atoms with Crippen LogP contribution in [-0.2, 0) is 4.79 Å². The van der Waals surface area contributed by atoms with E-state index in [-0.39, 0.29) is 0 Å². The Balaban J connectivity index is 2.17. The zero-order valence-electron chi connectivity index (χ0n) is 13.3. The minimum atomic E-state index is -1.13. The van der Waals surface area contributed by atoms with Gasteiger partial charge in [-0.05, 0) is 19.4 Å². The Hall–Kier alpha value is -2.51. The number of aryl methyl sites for hydroxylation is 2. The number of thiophene rings is 1. The Kier molecular flexibility index (Phi) is 4.46. The molecule has 0 spiro atoms. The Bertz CT molecular complexity index is 890. The number of carbonyl (C=O) groups is 1. The van der Waals surface area contributed by atoms with Gasteiger partial charge in [-0.3, -0.25) is 0 Å². The van der Waals surface area contributed by atoms with E-state index in [1.54, 1.807) is 0 Å². The smallest absolute Gasteiger partial charge is 0.328 e. The Morgan fingerprint density at radius 2 is 1.96 bits per heavy atom. The lowest BCUT2D eigenvalue weighted by Crippen LogP contribution is -2.33. The van der Waals surface area contributed by atoms with Crippen molar-refractivity contribution in [3.05, 3.63) is 41.0 Å². The lowest BCUT2D eigenvalue weighted by molar-refractivity contribution is -0.138. The molecule has 24 heavy (non-hydrogen) atoms. The van der Waals surface area contributed by atoms with Gasteiger partial charge in [0.05, 0.1) is 12.0 Å². The number of rotatable bonds is 5. The highest BCUT2D eigenvalue weighted by molar-refractivity contribution is 7.19. The zero-order valence-corrected chi connectivity index (χ0v) is 14.1. The molecule has 3 rings (SSSR count). The molecule has 0 aliphatic carbocycles. The highest BCUT2D eigenvalue weighted by atomic mass is 32.1. The Morgan fingerprint density at radius 3 is 2.58 bits per heavy atom. The summed E-state index contributed by atoms with van der Waals surface area (Å²) in [6.45, 7) is 3.51. The topological polar surface area (TPSA) is 95.3 Å². The lowest BCUT2D eigenvalue weighted by atomic mass is 10.0. The summed E-state index contributed by atoms with van der Waals surface area (Å²) in [5.74, 6) is -0.713. The van der Waals surface area contributed by atoms with E-state index in [9.17, 15) is 9.90 Å². The van der Waals surface area contributed by atoms with Crippen LogP contribution in [0.4, 0.5) is 5.82 Å². The maximum atomic E-state index is 11.2. The number of aliphatic hydroxyl groups is 1. The molecule has 0 aliphatic rings. The van der Waals surface area contributed by atoms with Gasteiger partial charge in [0.2, 0.25) is 0 Å². The largest absolute Gasteiger partial charge is 0.480 e. The van der Waals surface area contributed by atoms with Crippen LogP contribution in [0.5, 0.6) is 0 Å². The fourth-order valence-corrected chi connectivity index (χ4v) is 3.58. The van der Waals surface area contributed by atoms with Crippen molar-refractivity contribution in [2.75, 3.05) is 11.9 Å². The number of nitrogens with one attached hydrogen (secondary N) is 1. The van der Waals surface area contributed by atoms with E-state index in [4.69, 9.17) is 5.11 Å². The second-order valence-corrected chi connectivity index (χ2v) is 6.72. The second kappa shape index (κ2) is 6.54. The molecule has 0 amide bonds. The van der Waals surface area contributed by atoms with E-state index >= 15 is 0 Å².